The summed E-state index contributed by atoms with van der Waals surface area (Å²) in [6.07, 6.45) is 10.4. The molecule has 1 aliphatic heterocycles. The van der Waals surface area contributed by atoms with Gasteiger partial charge >= 0.3 is 0 Å². The van der Waals surface area contributed by atoms with Gasteiger partial charge in [0.2, 0.25) is 0 Å². The first-order valence-electron chi connectivity index (χ1n) is 9.80. The Hall–Kier alpha value is -0.870. The van der Waals surface area contributed by atoms with Crippen molar-refractivity contribution in [2.45, 2.75) is 38.2 Å². The van der Waals surface area contributed by atoms with E-state index >= 15 is 0 Å². The number of aliphatic imine (C=N–C) groups is 1. The molecule has 1 aromatic heterocycles. The predicted molar refractivity (Wildman–Crippen MR) is 122 cm³/mol. The predicted octanol–water partition coefficient (Wildman–Crippen LogP) is 2.50. The van der Waals surface area contributed by atoms with Crippen LogP contribution in [0.1, 0.15) is 43.8 Å². The number of halogens is 1. The number of rotatable bonds is 9. The fourth-order valence-electron chi connectivity index (χ4n) is 3.27. The zero-order chi connectivity index (χ0) is 18.8. The van der Waals surface area contributed by atoms with E-state index in [9.17, 15) is 0 Å². The number of hydrogen-bond donors (Lipinski definition) is 1. The molecule has 7 nitrogen and oxygen atoms in total. The molecule has 0 spiro atoms. The van der Waals surface area contributed by atoms with Crippen LogP contribution in [0.4, 0.5) is 0 Å². The van der Waals surface area contributed by atoms with E-state index in [1.165, 1.54) is 38.6 Å². The number of hydrogen-bond acceptors (Lipinski definition) is 4. The molecule has 1 N–H and O–H groups in total. The van der Waals surface area contributed by atoms with Gasteiger partial charge in [-0.05, 0) is 33.5 Å². The number of guanidine groups is 1. The first-order valence-corrected chi connectivity index (χ1v) is 9.80. The number of aryl methyl sites for hydroxylation is 1. The minimum absolute atomic E-state index is 0. The molecular weight excluding hydrogens is 455 g/mol. The Kier molecular flexibility index (Phi) is 11.9. The smallest absolute Gasteiger partial charge is 0.193 e. The van der Waals surface area contributed by atoms with Crippen molar-refractivity contribution >= 4 is 29.9 Å². The molecule has 2 heterocycles. The number of ether oxygens (including phenoxy) is 1. The van der Waals surface area contributed by atoms with Crippen LogP contribution in [0.15, 0.2) is 17.4 Å². The standard InChI is InChI=1S/C19H36N6O.HI/c1-20-19(21-10-8-6-5-7-9-11-23(2)3)25-12-13-26-18(16-25)17-14-22-24(4)15-17;/h14-15,18H,5-13,16H2,1-4H3,(H,20,21);1H. The maximum Gasteiger partial charge on any atom is 0.193 e. The van der Waals surface area contributed by atoms with Crippen molar-refractivity contribution in [1.82, 2.24) is 24.9 Å². The summed E-state index contributed by atoms with van der Waals surface area (Å²) < 4.78 is 7.74. The van der Waals surface area contributed by atoms with Crippen molar-refractivity contribution in [3.8, 4) is 0 Å². The third kappa shape index (κ3) is 8.78. The van der Waals surface area contributed by atoms with Gasteiger partial charge in [-0.15, -0.1) is 24.0 Å². The minimum atomic E-state index is 0. The van der Waals surface area contributed by atoms with Gasteiger partial charge in [0.05, 0.1) is 19.3 Å². The molecule has 1 aliphatic rings. The lowest BCUT2D eigenvalue weighted by Gasteiger charge is -2.34. The van der Waals surface area contributed by atoms with Crippen molar-refractivity contribution in [3.05, 3.63) is 18.0 Å². The van der Waals surface area contributed by atoms with E-state index in [2.05, 4.69) is 39.3 Å². The molecule has 27 heavy (non-hydrogen) atoms. The zero-order valence-electron chi connectivity index (χ0n) is 17.4. The first kappa shape index (κ1) is 24.2. The van der Waals surface area contributed by atoms with E-state index in [1.807, 2.05) is 31.2 Å². The normalized spacial score (nSPS) is 17.9. The molecule has 0 bridgehead atoms. The molecule has 2 rings (SSSR count). The van der Waals surface area contributed by atoms with Crippen LogP contribution in [0.2, 0.25) is 0 Å². The largest absolute Gasteiger partial charge is 0.370 e. The number of unbranched alkanes of at least 4 members (excludes halogenated alkanes) is 4. The van der Waals surface area contributed by atoms with E-state index in [-0.39, 0.29) is 30.1 Å². The molecule has 1 unspecified atom stereocenters. The highest BCUT2D eigenvalue weighted by molar-refractivity contribution is 14.0. The average molecular weight is 492 g/mol. The van der Waals surface area contributed by atoms with Crippen molar-refractivity contribution in [2.24, 2.45) is 12.0 Å². The highest BCUT2D eigenvalue weighted by atomic mass is 127. The molecule has 0 amide bonds. The molecule has 1 aromatic rings. The van der Waals surface area contributed by atoms with Crippen LogP contribution >= 0.6 is 24.0 Å². The van der Waals surface area contributed by atoms with Crippen molar-refractivity contribution in [3.63, 3.8) is 0 Å². The van der Waals surface area contributed by atoms with Gasteiger partial charge in [-0.1, -0.05) is 19.3 Å². The van der Waals surface area contributed by atoms with Crippen LogP contribution in [-0.4, -0.2) is 79.5 Å². The molecule has 1 fully saturated rings. The average Bonchev–Trinajstić information content (AvgIpc) is 3.07. The Bertz CT molecular complexity index is 548. The number of aromatic nitrogens is 2. The lowest BCUT2D eigenvalue weighted by atomic mass is 10.1. The molecule has 0 aliphatic carbocycles. The van der Waals surface area contributed by atoms with E-state index in [0.717, 1.165) is 31.2 Å². The Labute approximate surface area is 181 Å². The number of nitrogens with one attached hydrogen (secondary N) is 1. The highest BCUT2D eigenvalue weighted by Gasteiger charge is 2.24. The van der Waals surface area contributed by atoms with Crippen molar-refractivity contribution in [1.29, 1.82) is 0 Å². The molecule has 156 valence electrons. The highest BCUT2D eigenvalue weighted by Crippen LogP contribution is 2.21. The lowest BCUT2D eigenvalue weighted by Crippen LogP contribution is -2.48. The quantitative estimate of drug-likeness (QED) is 0.249. The summed E-state index contributed by atoms with van der Waals surface area (Å²) >= 11 is 0. The summed E-state index contributed by atoms with van der Waals surface area (Å²) in [4.78, 5) is 9.01. The van der Waals surface area contributed by atoms with Crippen LogP contribution in [0.3, 0.4) is 0 Å². The van der Waals surface area contributed by atoms with Crippen molar-refractivity contribution in [2.75, 3.05) is 53.9 Å². The van der Waals surface area contributed by atoms with E-state index in [0.29, 0.717) is 6.61 Å². The molecule has 1 atom stereocenters. The van der Waals surface area contributed by atoms with E-state index < -0.39 is 0 Å². The summed E-state index contributed by atoms with van der Waals surface area (Å²) in [5.41, 5.74) is 1.13. The van der Waals surface area contributed by atoms with Gasteiger partial charge in [-0.3, -0.25) is 9.67 Å². The van der Waals surface area contributed by atoms with Crippen LogP contribution in [0.25, 0.3) is 0 Å². The molecular formula is C19H37IN6O. The minimum Gasteiger partial charge on any atom is -0.370 e. The van der Waals surface area contributed by atoms with Gasteiger partial charge in [-0.25, -0.2) is 0 Å². The van der Waals surface area contributed by atoms with E-state index in [4.69, 9.17) is 4.74 Å². The summed E-state index contributed by atoms with van der Waals surface area (Å²) in [5.74, 6) is 0.981. The molecule has 0 aromatic carbocycles. The van der Waals surface area contributed by atoms with Crippen LogP contribution in [-0.2, 0) is 11.8 Å². The zero-order valence-corrected chi connectivity index (χ0v) is 19.7. The molecule has 1 saturated heterocycles. The topological polar surface area (TPSA) is 57.9 Å². The van der Waals surface area contributed by atoms with Gasteiger partial charge in [-0.2, -0.15) is 5.10 Å². The summed E-state index contributed by atoms with van der Waals surface area (Å²) in [6, 6.07) is 0. The number of morpholine rings is 1. The fraction of sp³-hybridized carbons (Fsp3) is 0.789. The Balaban J connectivity index is 0.00000364. The van der Waals surface area contributed by atoms with Gasteiger partial charge < -0.3 is 19.9 Å². The summed E-state index contributed by atoms with van der Waals surface area (Å²) in [5, 5.41) is 7.77. The van der Waals surface area contributed by atoms with Crippen LogP contribution in [0, 0.1) is 0 Å². The fourth-order valence-corrected chi connectivity index (χ4v) is 3.27. The van der Waals surface area contributed by atoms with Crippen molar-refractivity contribution < 1.29 is 4.74 Å². The Morgan fingerprint density at radius 3 is 2.70 bits per heavy atom. The molecule has 8 heteroatoms. The third-order valence-electron chi connectivity index (χ3n) is 4.74. The third-order valence-corrected chi connectivity index (χ3v) is 4.74. The molecule has 0 saturated carbocycles. The van der Waals surface area contributed by atoms with Gasteiger partial charge in [0.25, 0.3) is 0 Å². The van der Waals surface area contributed by atoms with Gasteiger partial charge in [0.1, 0.15) is 6.10 Å². The van der Waals surface area contributed by atoms with E-state index in [1.54, 1.807) is 0 Å². The van der Waals surface area contributed by atoms with Gasteiger partial charge in [0, 0.05) is 38.9 Å². The second kappa shape index (κ2) is 13.3. The maximum absolute atomic E-state index is 5.92. The monoisotopic (exact) mass is 492 g/mol. The second-order valence-electron chi connectivity index (χ2n) is 7.30. The summed E-state index contributed by atoms with van der Waals surface area (Å²) in [6.45, 7) is 4.58. The van der Waals surface area contributed by atoms with Crippen LogP contribution in [0.5, 0.6) is 0 Å². The van der Waals surface area contributed by atoms with Crippen LogP contribution < -0.4 is 5.32 Å². The number of nitrogens with zero attached hydrogens (tertiary/aromatic N) is 5. The SMILES string of the molecule is CN=C(NCCCCCCCN(C)C)N1CCOC(c2cnn(C)c2)C1.I. The maximum atomic E-state index is 5.92. The summed E-state index contributed by atoms with van der Waals surface area (Å²) in [7, 11) is 8.07. The second-order valence-corrected chi connectivity index (χ2v) is 7.30. The Morgan fingerprint density at radius 1 is 1.30 bits per heavy atom. The Morgan fingerprint density at radius 2 is 2.04 bits per heavy atom. The molecule has 0 radical (unpaired) electrons. The lowest BCUT2D eigenvalue weighted by molar-refractivity contribution is -0.00802. The first-order chi connectivity index (χ1) is 12.6. The van der Waals surface area contributed by atoms with Gasteiger partial charge in [0.15, 0.2) is 5.96 Å².